The monoisotopic (exact) mass is 276 g/mol. The zero-order valence-corrected chi connectivity index (χ0v) is 10.9. The number of anilines is 1. The van der Waals surface area contributed by atoms with Crippen molar-refractivity contribution in [3.05, 3.63) is 18.3 Å². The van der Waals surface area contributed by atoms with Crippen LogP contribution in [0.15, 0.2) is 23.4 Å². The lowest BCUT2D eigenvalue weighted by Gasteiger charge is -2.19. The van der Waals surface area contributed by atoms with Crippen LogP contribution < -0.4 is 5.32 Å². The first-order chi connectivity index (χ1) is 8.08. The number of halogens is 1. The first kappa shape index (κ1) is 14.4. The third-order valence-corrected chi connectivity index (χ3v) is 2.35. The first-order valence-electron chi connectivity index (χ1n) is 4.99. The number of nitrogens with one attached hydrogen (secondary N) is 1. The van der Waals surface area contributed by atoms with Gasteiger partial charge < -0.3 is 4.74 Å². The maximum atomic E-state index is 12.7. The highest BCUT2D eigenvalue weighted by atomic mass is 32.3. The molecule has 1 aromatic heterocycles. The van der Waals surface area contributed by atoms with E-state index < -0.39 is 26.9 Å². The van der Waals surface area contributed by atoms with Crippen LogP contribution in [0.1, 0.15) is 20.8 Å². The standard InChI is InChI=1S/C10H13FN2O4S/c1-10(2,3)17-9(14)13-7-4-5-12-8(6-7)18(11,15)16/h4-6H,1-3H3,(H,12,13,14). The Bertz CT molecular complexity index is 551. The first-order valence-corrected chi connectivity index (χ1v) is 6.37. The fourth-order valence-corrected chi connectivity index (χ4v) is 1.50. The molecule has 1 rings (SSSR count). The molecule has 0 saturated carbocycles. The zero-order valence-electron chi connectivity index (χ0n) is 10.1. The van der Waals surface area contributed by atoms with Crippen molar-refractivity contribution in [2.45, 2.75) is 31.4 Å². The predicted molar refractivity (Wildman–Crippen MR) is 62.4 cm³/mol. The van der Waals surface area contributed by atoms with Gasteiger partial charge in [-0.15, -0.1) is 0 Å². The molecule has 0 aromatic carbocycles. The summed E-state index contributed by atoms with van der Waals surface area (Å²) in [6.45, 7) is 5.03. The summed E-state index contributed by atoms with van der Waals surface area (Å²) in [4.78, 5) is 14.7. The largest absolute Gasteiger partial charge is 0.444 e. The van der Waals surface area contributed by atoms with E-state index in [2.05, 4.69) is 10.3 Å². The lowest BCUT2D eigenvalue weighted by molar-refractivity contribution is 0.0636. The highest BCUT2D eigenvalue weighted by Gasteiger charge is 2.18. The van der Waals surface area contributed by atoms with Crippen molar-refractivity contribution in [2.75, 3.05) is 5.32 Å². The van der Waals surface area contributed by atoms with Crippen molar-refractivity contribution in [2.24, 2.45) is 0 Å². The van der Waals surface area contributed by atoms with Crippen molar-refractivity contribution in [1.29, 1.82) is 0 Å². The van der Waals surface area contributed by atoms with Gasteiger partial charge in [0, 0.05) is 18.0 Å². The van der Waals surface area contributed by atoms with Crippen LogP contribution in [-0.2, 0) is 15.0 Å². The van der Waals surface area contributed by atoms with Gasteiger partial charge in [0.25, 0.3) is 0 Å². The fourth-order valence-electron chi connectivity index (χ4n) is 1.04. The van der Waals surface area contributed by atoms with E-state index in [0.717, 1.165) is 12.3 Å². The highest BCUT2D eigenvalue weighted by molar-refractivity contribution is 7.86. The number of rotatable bonds is 2. The molecule has 1 aromatic rings. The zero-order chi connectivity index (χ0) is 14.0. The number of ether oxygens (including phenoxy) is 1. The second-order valence-electron chi connectivity index (χ2n) is 4.45. The molecule has 0 spiro atoms. The molecule has 1 heterocycles. The van der Waals surface area contributed by atoms with E-state index >= 15 is 0 Å². The summed E-state index contributed by atoms with van der Waals surface area (Å²) in [5, 5.41) is 1.51. The van der Waals surface area contributed by atoms with Gasteiger partial charge in [-0.2, -0.15) is 8.42 Å². The Morgan fingerprint density at radius 3 is 2.56 bits per heavy atom. The summed E-state index contributed by atoms with van der Waals surface area (Å²) in [6.07, 6.45) is 0.301. The van der Waals surface area contributed by atoms with Gasteiger partial charge in [-0.05, 0) is 26.8 Å². The van der Waals surface area contributed by atoms with Crippen LogP contribution >= 0.6 is 0 Å². The molecule has 0 saturated heterocycles. The van der Waals surface area contributed by atoms with Crippen LogP contribution in [0.5, 0.6) is 0 Å². The molecule has 0 aliphatic heterocycles. The fraction of sp³-hybridized carbons (Fsp3) is 0.400. The van der Waals surface area contributed by atoms with E-state index in [1.165, 1.54) is 6.07 Å². The molecule has 0 bridgehead atoms. The molecule has 1 N–H and O–H groups in total. The Labute approximate surface area is 104 Å². The van der Waals surface area contributed by atoms with Gasteiger partial charge in [0.05, 0.1) is 0 Å². The molecule has 1 amide bonds. The Kier molecular flexibility index (Phi) is 3.90. The van der Waals surface area contributed by atoms with Crippen molar-refractivity contribution in [1.82, 2.24) is 4.98 Å². The summed E-state index contributed by atoms with van der Waals surface area (Å²) in [7, 11) is -4.90. The number of carbonyl (C=O) groups is 1. The topological polar surface area (TPSA) is 85.4 Å². The van der Waals surface area contributed by atoms with Crippen LogP contribution in [0.4, 0.5) is 14.4 Å². The maximum absolute atomic E-state index is 12.7. The number of amides is 1. The number of hydrogen-bond acceptors (Lipinski definition) is 5. The molecular weight excluding hydrogens is 263 g/mol. The van der Waals surface area contributed by atoms with Crippen molar-refractivity contribution >= 4 is 22.0 Å². The SMILES string of the molecule is CC(C)(C)OC(=O)Nc1ccnc(S(=O)(=O)F)c1. The second-order valence-corrected chi connectivity index (χ2v) is 5.74. The lowest BCUT2D eigenvalue weighted by Crippen LogP contribution is -2.27. The van der Waals surface area contributed by atoms with Gasteiger partial charge >= 0.3 is 16.3 Å². The van der Waals surface area contributed by atoms with E-state index in [4.69, 9.17) is 4.74 Å². The average Bonchev–Trinajstić information content (AvgIpc) is 2.13. The van der Waals surface area contributed by atoms with Gasteiger partial charge in [0.1, 0.15) is 5.60 Å². The summed E-state index contributed by atoms with van der Waals surface area (Å²) >= 11 is 0. The normalized spacial score (nSPS) is 12.0. The van der Waals surface area contributed by atoms with Crippen LogP contribution in [0, 0.1) is 0 Å². The molecule has 0 atom stereocenters. The second kappa shape index (κ2) is 4.89. The highest BCUT2D eigenvalue weighted by Crippen LogP contribution is 2.15. The molecule has 8 heteroatoms. The Hall–Kier alpha value is -1.70. The quantitative estimate of drug-likeness (QED) is 0.836. The molecule has 0 fully saturated rings. The van der Waals surface area contributed by atoms with E-state index in [-0.39, 0.29) is 5.69 Å². The number of aromatic nitrogens is 1. The minimum absolute atomic E-state index is 0.0791. The molecule has 6 nitrogen and oxygen atoms in total. The summed E-state index contributed by atoms with van der Waals surface area (Å²) in [5.74, 6) is 0. The average molecular weight is 276 g/mol. The van der Waals surface area contributed by atoms with Gasteiger partial charge in [-0.1, -0.05) is 3.89 Å². The minimum Gasteiger partial charge on any atom is -0.444 e. The van der Waals surface area contributed by atoms with Crippen LogP contribution in [0.3, 0.4) is 0 Å². The number of hydrogen-bond donors (Lipinski definition) is 1. The number of carbonyl (C=O) groups excluding carboxylic acids is 1. The summed E-state index contributed by atoms with van der Waals surface area (Å²) in [6, 6.07) is 2.22. The Morgan fingerprint density at radius 1 is 1.44 bits per heavy atom. The van der Waals surface area contributed by atoms with Crippen LogP contribution in [0.25, 0.3) is 0 Å². The van der Waals surface area contributed by atoms with E-state index in [9.17, 15) is 17.1 Å². The van der Waals surface area contributed by atoms with E-state index in [0.29, 0.717) is 0 Å². The number of pyridine rings is 1. The van der Waals surface area contributed by atoms with Gasteiger partial charge in [-0.25, -0.2) is 9.78 Å². The van der Waals surface area contributed by atoms with Crippen molar-refractivity contribution < 1.29 is 21.8 Å². The van der Waals surface area contributed by atoms with Crippen LogP contribution in [0.2, 0.25) is 0 Å². The molecule has 0 radical (unpaired) electrons. The predicted octanol–water partition coefficient (Wildman–Crippen LogP) is 2.09. The van der Waals surface area contributed by atoms with E-state index in [1.807, 2.05) is 0 Å². The molecule has 0 unspecified atom stereocenters. The third kappa shape index (κ3) is 4.66. The third-order valence-electron chi connectivity index (χ3n) is 1.63. The maximum Gasteiger partial charge on any atom is 0.412 e. The van der Waals surface area contributed by atoms with Crippen molar-refractivity contribution in [3.63, 3.8) is 0 Å². The lowest BCUT2D eigenvalue weighted by atomic mass is 10.2. The van der Waals surface area contributed by atoms with Crippen molar-refractivity contribution in [3.8, 4) is 0 Å². The Morgan fingerprint density at radius 2 is 2.06 bits per heavy atom. The molecule has 100 valence electrons. The van der Waals surface area contributed by atoms with Crippen LogP contribution in [-0.4, -0.2) is 25.1 Å². The van der Waals surface area contributed by atoms with Gasteiger partial charge in [-0.3, -0.25) is 5.32 Å². The molecule has 18 heavy (non-hydrogen) atoms. The minimum atomic E-state index is -4.90. The Balaban J connectivity index is 2.84. The van der Waals surface area contributed by atoms with E-state index in [1.54, 1.807) is 20.8 Å². The van der Waals surface area contributed by atoms with Gasteiger partial charge in [0.2, 0.25) is 0 Å². The number of nitrogens with zero attached hydrogens (tertiary/aromatic N) is 1. The smallest absolute Gasteiger partial charge is 0.412 e. The summed E-state index contributed by atoms with van der Waals surface area (Å²) < 4.78 is 38.9. The molecular formula is C10H13FN2O4S. The van der Waals surface area contributed by atoms with Gasteiger partial charge in [0.15, 0.2) is 5.03 Å². The molecule has 0 aliphatic rings. The summed E-state index contributed by atoms with van der Waals surface area (Å²) in [5.41, 5.74) is -0.609. The molecule has 0 aliphatic carbocycles.